The Morgan fingerprint density at radius 3 is 2.47 bits per heavy atom. The Bertz CT molecular complexity index is 646. The molecule has 0 unspecified atom stereocenters. The van der Waals surface area contributed by atoms with E-state index in [1.165, 1.54) is 18.2 Å². The van der Waals surface area contributed by atoms with Crippen LogP contribution in [0.25, 0.3) is 0 Å². The van der Waals surface area contributed by atoms with Crippen LogP contribution >= 0.6 is 15.9 Å². The van der Waals surface area contributed by atoms with Crippen molar-refractivity contribution in [2.45, 2.75) is 0 Å². The van der Waals surface area contributed by atoms with E-state index in [9.17, 15) is 18.0 Å². The second-order valence-corrected chi connectivity index (χ2v) is 4.54. The van der Waals surface area contributed by atoms with Gasteiger partial charge in [0.05, 0.1) is 10.0 Å². The van der Waals surface area contributed by atoms with E-state index < -0.39 is 28.9 Å². The van der Waals surface area contributed by atoms with Gasteiger partial charge in [0.25, 0.3) is 5.91 Å². The Kier molecular flexibility index (Phi) is 3.90. The lowest BCUT2D eigenvalue weighted by Crippen LogP contribution is -2.14. The van der Waals surface area contributed by atoms with Crippen LogP contribution in [-0.2, 0) is 0 Å². The summed E-state index contributed by atoms with van der Waals surface area (Å²) in [7, 11) is 0. The maximum absolute atomic E-state index is 13.4. The van der Waals surface area contributed by atoms with Crippen molar-refractivity contribution in [2.75, 3.05) is 5.32 Å². The van der Waals surface area contributed by atoms with E-state index in [2.05, 4.69) is 21.2 Å². The Hall–Kier alpha value is -1.82. The first kappa shape index (κ1) is 13.6. The highest BCUT2D eigenvalue weighted by Gasteiger charge is 2.15. The Balaban J connectivity index is 2.26. The zero-order chi connectivity index (χ0) is 14.0. The van der Waals surface area contributed by atoms with Crippen LogP contribution in [0.3, 0.4) is 0 Å². The van der Waals surface area contributed by atoms with E-state index in [0.29, 0.717) is 0 Å². The summed E-state index contributed by atoms with van der Waals surface area (Å²) in [6, 6.07) is 7.16. The van der Waals surface area contributed by atoms with Gasteiger partial charge in [-0.3, -0.25) is 4.79 Å². The van der Waals surface area contributed by atoms with Crippen LogP contribution in [0.1, 0.15) is 10.4 Å². The molecule has 0 spiro atoms. The molecule has 1 N–H and O–H groups in total. The van der Waals surface area contributed by atoms with Gasteiger partial charge in [0.1, 0.15) is 5.82 Å². The highest BCUT2D eigenvalue weighted by molar-refractivity contribution is 9.10. The maximum atomic E-state index is 13.4. The minimum Gasteiger partial charge on any atom is -0.322 e. The highest BCUT2D eigenvalue weighted by Crippen LogP contribution is 2.20. The zero-order valence-electron chi connectivity index (χ0n) is 9.38. The molecule has 0 atom stereocenters. The molecule has 0 aliphatic heterocycles. The predicted octanol–water partition coefficient (Wildman–Crippen LogP) is 4.12. The van der Waals surface area contributed by atoms with Crippen molar-refractivity contribution in [1.82, 2.24) is 0 Å². The minimum atomic E-state index is -1.24. The number of anilines is 1. The van der Waals surface area contributed by atoms with Crippen molar-refractivity contribution < 1.29 is 18.0 Å². The van der Waals surface area contributed by atoms with Gasteiger partial charge in [-0.1, -0.05) is 6.07 Å². The van der Waals surface area contributed by atoms with Crippen molar-refractivity contribution in [3.8, 4) is 0 Å². The first-order chi connectivity index (χ1) is 8.99. The third-order valence-corrected chi connectivity index (χ3v) is 3.02. The SMILES string of the molecule is O=C(Nc1ccc(Br)c(F)c1)c1cccc(F)c1F. The molecule has 0 heterocycles. The van der Waals surface area contributed by atoms with Gasteiger partial charge < -0.3 is 5.32 Å². The summed E-state index contributed by atoms with van der Waals surface area (Å²) in [5, 5.41) is 2.29. The summed E-state index contributed by atoms with van der Waals surface area (Å²) >= 11 is 2.96. The molecule has 2 aromatic rings. The second kappa shape index (κ2) is 5.44. The Morgan fingerprint density at radius 1 is 1.05 bits per heavy atom. The fraction of sp³-hybridized carbons (Fsp3) is 0. The largest absolute Gasteiger partial charge is 0.322 e. The number of hydrogen-bond donors (Lipinski definition) is 1. The second-order valence-electron chi connectivity index (χ2n) is 3.68. The summed E-state index contributed by atoms with van der Waals surface area (Å²) in [5.74, 6) is -3.77. The van der Waals surface area contributed by atoms with Crippen molar-refractivity contribution in [1.29, 1.82) is 0 Å². The van der Waals surface area contributed by atoms with Crippen LogP contribution in [0.4, 0.5) is 18.9 Å². The van der Waals surface area contributed by atoms with E-state index in [-0.39, 0.29) is 10.2 Å². The standard InChI is InChI=1S/C13H7BrF3NO/c14-9-5-4-7(6-11(9)16)18-13(19)8-2-1-3-10(15)12(8)17/h1-6H,(H,18,19). The fourth-order valence-corrected chi connectivity index (χ4v) is 1.70. The molecule has 6 heteroatoms. The Morgan fingerprint density at radius 2 is 1.79 bits per heavy atom. The quantitative estimate of drug-likeness (QED) is 0.882. The van der Waals surface area contributed by atoms with Crippen LogP contribution in [0.15, 0.2) is 40.9 Å². The number of carbonyl (C=O) groups is 1. The van der Waals surface area contributed by atoms with E-state index >= 15 is 0 Å². The molecule has 0 aromatic heterocycles. The van der Waals surface area contributed by atoms with Gasteiger partial charge in [0.2, 0.25) is 0 Å². The molecule has 98 valence electrons. The molecule has 1 amide bonds. The van der Waals surface area contributed by atoms with E-state index in [1.807, 2.05) is 0 Å². The molecule has 2 nitrogen and oxygen atoms in total. The monoisotopic (exact) mass is 329 g/mol. The van der Waals surface area contributed by atoms with Crippen LogP contribution in [0.5, 0.6) is 0 Å². The van der Waals surface area contributed by atoms with Crippen molar-refractivity contribution in [2.24, 2.45) is 0 Å². The van der Waals surface area contributed by atoms with E-state index in [4.69, 9.17) is 0 Å². The summed E-state index contributed by atoms with van der Waals surface area (Å²) in [4.78, 5) is 11.7. The van der Waals surface area contributed by atoms with Crippen LogP contribution in [0, 0.1) is 17.5 Å². The van der Waals surface area contributed by atoms with Crippen LogP contribution < -0.4 is 5.32 Å². The molecule has 0 fully saturated rings. The Labute approximate surface area is 115 Å². The van der Waals surface area contributed by atoms with Gasteiger partial charge in [-0.25, -0.2) is 13.2 Å². The van der Waals surface area contributed by atoms with E-state index in [0.717, 1.165) is 18.2 Å². The van der Waals surface area contributed by atoms with Gasteiger partial charge in [-0.15, -0.1) is 0 Å². The average Bonchev–Trinajstić information content (AvgIpc) is 2.37. The van der Waals surface area contributed by atoms with Gasteiger partial charge >= 0.3 is 0 Å². The third kappa shape index (κ3) is 2.96. The van der Waals surface area contributed by atoms with Gasteiger partial charge in [0, 0.05) is 5.69 Å². The number of carbonyl (C=O) groups excluding carboxylic acids is 1. The molecule has 19 heavy (non-hydrogen) atoms. The number of nitrogens with one attached hydrogen (secondary N) is 1. The van der Waals surface area contributed by atoms with Gasteiger partial charge in [-0.05, 0) is 46.3 Å². The lowest BCUT2D eigenvalue weighted by atomic mass is 10.2. The minimum absolute atomic E-state index is 0.148. The van der Waals surface area contributed by atoms with Gasteiger partial charge in [0.15, 0.2) is 11.6 Å². The topological polar surface area (TPSA) is 29.1 Å². The summed E-state index contributed by atoms with van der Waals surface area (Å²) < 4.78 is 39.8. The molecular formula is C13H7BrF3NO. The van der Waals surface area contributed by atoms with Crippen LogP contribution in [0.2, 0.25) is 0 Å². The van der Waals surface area contributed by atoms with Crippen LogP contribution in [-0.4, -0.2) is 5.91 Å². The number of halogens is 4. The molecule has 2 aromatic carbocycles. The molecule has 0 radical (unpaired) electrons. The molecule has 0 aliphatic rings. The zero-order valence-corrected chi connectivity index (χ0v) is 11.0. The fourth-order valence-electron chi connectivity index (χ4n) is 1.45. The lowest BCUT2D eigenvalue weighted by Gasteiger charge is -2.07. The molecule has 2 rings (SSSR count). The number of rotatable bonds is 2. The van der Waals surface area contributed by atoms with Crippen molar-refractivity contribution in [3.05, 3.63) is 63.9 Å². The third-order valence-electron chi connectivity index (χ3n) is 2.37. The first-order valence-corrected chi connectivity index (χ1v) is 5.99. The molecule has 0 aliphatic carbocycles. The lowest BCUT2D eigenvalue weighted by molar-refractivity contribution is 0.102. The molecule has 0 bridgehead atoms. The van der Waals surface area contributed by atoms with E-state index in [1.54, 1.807) is 0 Å². The summed E-state index contributed by atoms with van der Waals surface area (Å²) in [6.07, 6.45) is 0. The number of amides is 1. The van der Waals surface area contributed by atoms with Crippen molar-refractivity contribution >= 4 is 27.5 Å². The number of benzene rings is 2. The molecule has 0 saturated heterocycles. The summed E-state index contributed by atoms with van der Waals surface area (Å²) in [6.45, 7) is 0. The average molecular weight is 330 g/mol. The maximum Gasteiger partial charge on any atom is 0.258 e. The molecule has 0 saturated carbocycles. The predicted molar refractivity (Wildman–Crippen MR) is 68.4 cm³/mol. The summed E-state index contributed by atoms with van der Waals surface area (Å²) in [5.41, 5.74) is -0.294. The first-order valence-electron chi connectivity index (χ1n) is 5.19. The highest BCUT2D eigenvalue weighted by atomic mass is 79.9. The van der Waals surface area contributed by atoms with Crippen molar-refractivity contribution in [3.63, 3.8) is 0 Å². The van der Waals surface area contributed by atoms with Gasteiger partial charge in [-0.2, -0.15) is 0 Å². The number of hydrogen-bond acceptors (Lipinski definition) is 1. The smallest absolute Gasteiger partial charge is 0.258 e. The molecular weight excluding hydrogens is 323 g/mol. The normalized spacial score (nSPS) is 10.3.